The molecule has 0 radical (unpaired) electrons. The van der Waals surface area contributed by atoms with E-state index in [1.807, 2.05) is 19.1 Å². The topological polar surface area (TPSA) is 58.0 Å². The Labute approximate surface area is 89.7 Å². The first-order chi connectivity index (χ1) is 7.24. The summed E-state index contributed by atoms with van der Waals surface area (Å²) in [6, 6.07) is 3.88. The van der Waals surface area contributed by atoms with Crippen molar-refractivity contribution in [3.8, 4) is 0 Å². The Hall–Kier alpha value is -1.16. The van der Waals surface area contributed by atoms with Gasteiger partial charge in [0.25, 0.3) is 0 Å². The molecule has 2 atom stereocenters. The molecule has 0 aliphatic heterocycles. The average Bonchev–Trinajstić information content (AvgIpc) is 2.64. The van der Waals surface area contributed by atoms with Gasteiger partial charge in [0.15, 0.2) is 0 Å². The fourth-order valence-electron chi connectivity index (χ4n) is 1.98. The third-order valence-electron chi connectivity index (χ3n) is 2.88. The molecule has 1 fully saturated rings. The van der Waals surface area contributed by atoms with E-state index in [0.717, 1.165) is 37.3 Å². The van der Waals surface area contributed by atoms with Gasteiger partial charge in [-0.1, -0.05) is 0 Å². The van der Waals surface area contributed by atoms with Crippen molar-refractivity contribution in [2.75, 3.05) is 11.9 Å². The molecule has 1 aromatic heterocycles. The highest BCUT2D eigenvalue weighted by atomic mass is 16.3. The van der Waals surface area contributed by atoms with Gasteiger partial charge in [-0.2, -0.15) is 5.10 Å². The van der Waals surface area contributed by atoms with Crippen LogP contribution in [-0.4, -0.2) is 28.0 Å². The second-order valence-corrected chi connectivity index (χ2v) is 4.27. The second-order valence-electron chi connectivity index (χ2n) is 4.27. The number of aliphatic hydroxyl groups is 1. The first-order valence-corrected chi connectivity index (χ1v) is 5.46. The Morgan fingerprint density at radius 1 is 1.40 bits per heavy atom. The Bertz CT molecular complexity index is 312. The molecule has 4 heteroatoms. The first-order valence-electron chi connectivity index (χ1n) is 5.46. The summed E-state index contributed by atoms with van der Waals surface area (Å²) in [4.78, 5) is 0. The van der Waals surface area contributed by atoms with Crippen LogP contribution in [0.4, 0.5) is 5.82 Å². The molecule has 15 heavy (non-hydrogen) atoms. The Morgan fingerprint density at radius 2 is 2.27 bits per heavy atom. The van der Waals surface area contributed by atoms with E-state index in [0.29, 0.717) is 5.92 Å². The molecule has 1 heterocycles. The van der Waals surface area contributed by atoms with Gasteiger partial charge < -0.3 is 10.4 Å². The Morgan fingerprint density at radius 3 is 2.87 bits per heavy atom. The molecule has 82 valence electrons. The molecule has 2 unspecified atom stereocenters. The summed E-state index contributed by atoms with van der Waals surface area (Å²) in [5.41, 5.74) is 0.928. The van der Waals surface area contributed by atoms with Crippen LogP contribution >= 0.6 is 0 Å². The van der Waals surface area contributed by atoms with Gasteiger partial charge >= 0.3 is 0 Å². The predicted octanol–water partition coefficient (Wildman–Crippen LogP) is 1.36. The standard InChI is InChI=1S/C11H17N3O/c1-8-2-5-11(14-13-8)12-7-9-3-4-10(15)6-9/h2,5,9-10,15H,3-4,6-7H2,1H3,(H,12,14). The normalized spacial score (nSPS) is 25.5. The second kappa shape index (κ2) is 4.57. The zero-order valence-electron chi connectivity index (χ0n) is 8.98. The SMILES string of the molecule is Cc1ccc(NCC2CCC(O)C2)nn1. The summed E-state index contributed by atoms with van der Waals surface area (Å²) in [7, 11) is 0. The van der Waals surface area contributed by atoms with Crippen LogP contribution < -0.4 is 5.32 Å². The zero-order chi connectivity index (χ0) is 10.7. The number of hydrogen-bond donors (Lipinski definition) is 2. The fraction of sp³-hybridized carbons (Fsp3) is 0.636. The molecular formula is C11H17N3O. The van der Waals surface area contributed by atoms with E-state index in [2.05, 4.69) is 15.5 Å². The van der Waals surface area contributed by atoms with Crippen LogP contribution in [0.25, 0.3) is 0 Å². The van der Waals surface area contributed by atoms with Gasteiger partial charge in [-0.3, -0.25) is 0 Å². The smallest absolute Gasteiger partial charge is 0.148 e. The van der Waals surface area contributed by atoms with Crippen molar-refractivity contribution in [2.45, 2.75) is 32.3 Å². The predicted molar refractivity (Wildman–Crippen MR) is 58.6 cm³/mol. The molecule has 0 saturated heterocycles. The van der Waals surface area contributed by atoms with Gasteiger partial charge in [0, 0.05) is 6.54 Å². The van der Waals surface area contributed by atoms with E-state index in [1.54, 1.807) is 0 Å². The molecular weight excluding hydrogens is 190 g/mol. The van der Waals surface area contributed by atoms with Crippen LogP contribution in [-0.2, 0) is 0 Å². The van der Waals surface area contributed by atoms with Gasteiger partial charge in [0.1, 0.15) is 5.82 Å². The van der Waals surface area contributed by atoms with E-state index in [1.165, 1.54) is 0 Å². The molecule has 0 amide bonds. The summed E-state index contributed by atoms with van der Waals surface area (Å²) < 4.78 is 0. The number of aryl methyl sites for hydroxylation is 1. The average molecular weight is 207 g/mol. The number of hydrogen-bond acceptors (Lipinski definition) is 4. The maximum Gasteiger partial charge on any atom is 0.148 e. The van der Waals surface area contributed by atoms with Gasteiger partial charge in [-0.15, -0.1) is 5.10 Å². The molecule has 2 N–H and O–H groups in total. The van der Waals surface area contributed by atoms with Crippen molar-refractivity contribution in [2.24, 2.45) is 5.92 Å². The molecule has 1 aliphatic carbocycles. The largest absolute Gasteiger partial charge is 0.393 e. The number of aliphatic hydroxyl groups excluding tert-OH is 1. The maximum atomic E-state index is 9.38. The summed E-state index contributed by atoms with van der Waals surface area (Å²) in [6.07, 6.45) is 2.85. The lowest BCUT2D eigenvalue weighted by atomic mass is 10.1. The van der Waals surface area contributed by atoms with E-state index < -0.39 is 0 Å². The molecule has 2 rings (SSSR count). The van der Waals surface area contributed by atoms with Crippen molar-refractivity contribution in [1.29, 1.82) is 0 Å². The Kier molecular flexibility index (Phi) is 3.16. The van der Waals surface area contributed by atoms with Crippen LogP contribution in [0.5, 0.6) is 0 Å². The number of aromatic nitrogens is 2. The Balaban J connectivity index is 1.80. The molecule has 0 aromatic carbocycles. The number of nitrogens with zero attached hydrogens (tertiary/aromatic N) is 2. The molecule has 4 nitrogen and oxygen atoms in total. The lowest BCUT2D eigenvalue weighted by Gasteiger charge is -2.10. The van der Waals surface area contributed by atoms with Crippen molar-refractivity contribution < 1.29 is 5.11 Å². The number of rotatable bonds is 3. The molecule has 0 spiro atoms. The number of anilines is 1. The van der Waals surface area contributed by atoms with E-state index >= 15 is 0 Å². The quantitative estimate of drug-likeness (QED) is 0.785. The van der Waals surface area contributed by atoms with E-state index in [9.17, 15) is 5.11 Å². The fourth-order valence-corrected chi connectivity index (χ4v) is 1.98. The lowest BCUT2D eigenvalue weighted by Crippen LogP contribution is -2.13. The van der Waals surface area contributed by atoms with Gasteiger partial charge in [0.05, 0.1) is 11.8 Å². The van der Waals surface area contributed by atoms with E-state index in [4.69, 9.17) is 0 Å². The highest BCUT2D eigenvalue weighted by molar-refractivity contribution is 5.32. The van der Waals surface area contributed by atoms with Crippen LogP contribution in [0.3, 0.4) is 0 Å². The third kappa shape index (κ3) is 2.89. The highest BCUT2D eigenvalue weighted by Gasteiger charge is 2.22. The van der Waals surface area contributed by atoms with Gasteiger partial charge in [-0.25, -0.2) is 0 Å². The van der Waals surface area contributed by atoms with Crippen LogP contribution in [0.2, 0.25) is 0 Å². The van der Waals surface area contributed by atoms with E-state index in [-0.39, 0.29) is 6.10 Å². The summed E-state index contributed by atoms with van der Waals surface area (Å²) in [5.74, 6) is 1.39. The minimum atomic E-state index is -0.0964. The molecule has 1 saturated carbocycles. The summed E-state index contributed by atoms with van der Waals surface area (Å²) in [6.45, 7) is 2.80. The number of nitrogens with one attached hydrogen (secondary N) is 1. The molecule has 1 aromatic rings. The minimum Gasteiger partial charge on any atom is -0.393 e. The van der Waals surface area contributed by atoms with Crippen molar-refractivity contribution in [1.82, 2.24) is 10.2 Å². The van der Waals surface area contributed by atoms with Crippen molar-refractivity contribution in [3.05, 3.63) is 17.8 Å². The van der Waals surface area contributed by atoms with Gasteiger partial charge in [0.2, 0.25) is 0 Å². The summed E-state index contributed by atoms with van der Waals surface area (Å²) >= 11 is 0. The van der Waals surface area contributed by atoms with Gasteiger partial charge in [-0.05, 0) is 44.2 Å². The van der Waals surface area contributed by atoms with Crippen molar-refractivity contribution >= 4 is 5.82 Å². The zero-order valence-corrected chi connectivity index (χ0v) is 8.98. The van der Waals surface area contributed by atoms with Crippen molar-refractivity contribution in [3.63, 3.8) is 0 Å². The molecule has 0 bridgehead atoms. The lowest BCUT2D eigenvalue weighted by molar-refractivity contribution is 0.178. The third-order valence-corrected chi connectivity index (χ3v) is 2.88. The first kappa shape index (κ1) is 10.4. The summed E-state index contributed by atoms with van der Waals surface area (Å²) in [5, 5.41) is 20.6. The maximum absolute atomic E-state index is 9.38. The minimum absolute atomic E-state index is 0.0964. The highest BCUT2D eigenvalue weighted by Crippen LogP contribution is 2.25. The van der Waals surface area contributed by atoms with Crippen LogP contribution in [0.1, 0.15) is 25.0 Å². The van der Waals surface area contributed by atoms with Crippen LogP contribution in [0.15, 0.2) is 12.1 Å². The molecule has 1 aliphatic rings. The van der Waals surface area contributed by atoms with Crippen LogP contribution in [0, 0.1) is 12.8 Å². The monoisotopic (exact) mass is 207 g/mol.